The van der Waals surface area contributed by atoms with Crippen LogP contribution >= 0.6 is 0 Å². The highest BCUT2D eigenvalue weighted by molar-refractivity contribution is 5.30. The van der Waals surface area contributed by atoms with Gasteiger partial charge in [-0.1, -0.05) is 31.2 Å². The molecule has 1 N–H and O–H groups in total. The number of hydrogen-bond donors (Lipinski definition) is 1. The van der Waals surface area contributed by atoms with Gasteiger partial charge in [-0.2, -0.15) is 0 Å². The van der Waals surface area contributed by atoms with Gasteiger partial charge in [-0.3, -0.25) is 0 Å². The molecule has 0 fully saturated rings. The van der Waals surface area contributed by atoms with Crippen molar-refractivity contribution in [2.75, 3.05) is 6.54 Å². The van der Waals surface area contributed by atoms with Crippen LogP contribution in [0.4, 0.5) is 0 Å². The van der Waals surface area contributed by atoms with Crippen LogP contribution in [0.25, 0.3) is 0 Å². The SMILES string of the molecule is CC1CCc2ccccc2C(C)NC1. The zero-order valence-electron chi connectivity index (χ0n) is 9.09. The maximum atomic E-state index is 3.59. The molecule has 0 aliphatic carbocycles. The highest BCUT2D eigenvalue weighted by Gasteiger charge is 2.14. The van der Waals surface area contributed by atoms with E-state index in [0.29, 0.717) is 6.04 Å². The third-order valence-electron chi connectivity index (χ3n) is 3.20. The fraction of sp³-hybridized carbons (Fsp3) is 0.538. The molecule has 1 aromatic rings. The smallest absolute Gasteiger partial charge is 0.0294 e. The molecule has 0 saturated heterocycles. The first-order valence-electron chi connectivity index (χ1n) is 5.58. The van der Waals surface area contributed by atoms with E-state index in [1.165, 1.54) is 24.0 Å². The lowest BCUT2D eigenvalue weighted by molar-refractivity contribution is 0.431. The Labute approximate surface area is 86.5 Å². The first-order valence-corrected chi connectivity index (χ1v) is 5.58. The molecular formula is C13H19N. The van der Waals surface area contributed by atoms with Crippen molar-refractivity contribution >= 4 is 0 Å². The van der Waals surface area contributed by atoms with Crippen LogP contribution in [0.2, 0.25) is 0 Å². The van der Waals surface area contributed by atoms with E-state index in [-0.39, 0.29) is 0 Å². The van der Waals surface area contributed by atoms with Crippen LogP contribution in [0.3, 0.4) is 0 Å². The third kappa shape index (κ3) is 1.98. The second-order valence-corrected chi connectivity index (χ2v) is 4.47. The predicted octanol–water partition coefficient (Wildman–Crippen LogP) is 2.92. The average molecular weight is 189 g/mol. The second-order valence-electron chi connectivity index (χ2n) is 4.47. The van der Waals surface area contributed by atoms with Gasteiger partial charge in [0.2, 0.25) is 0 Å². The maximum absolute atomic E-state index is 3.59. The molecule has 14 heavy (non-hydrogen) atoms. The maximum Gasteiger partial charge on any atom is 0.0294 e. The lowest BCUT2D eigenvalue weighted by Gasteiger charge is -2.24. The summed E-state index contributed by atoms with van der Waals surface area (Å²) in [5.41, 5.74) is 3.01. The molecule has 0 saturated carbocycles. The van der Waals surface area contributed by atoms with Gasteiger partial charge in [0.1, 0.15) is 0 Å². The number of aryl methyl sites for hydroxylation is 1. The Morgan fingerprint density at radius 3 is 2.86 bits per heavy atom. The molecule has 2 rings (SSSR count). The van der Waals surface area contributed by atoms with Crippen LogP contribution in [-0.2, 0) is 6.42 Å². The van der Waals surface area contributed by atoms with Gasteiger partial charge in [0, 0.05) is 6.04 Å². The molecule has 2 unspecified atom stereocenters. The number of fused-ring (bicyclic) bond motifs is 1. The molecule has 1 aromatic carbocycles. The molecular weight excluding hydrogens is 170 g/mol. The van der Waals surface area contributed by atoms with Gasteiger partial charge in [-0.05, 0) is 43.4 Å². The van der Waals surface area contributed by atoms with Gasteiger partial charge in [0.05, 0.1) is 0 Å². The number of nitrogens with one attached hydrogen (secondary N) is 1. The molecule has 1 heterocycles. The Balaban J connectivity index is 2.28. The molecule has 1 nitrogen and oxygen atoms in total. The van der Waals surface area contributed by atoms with Gasteiger partial charge in [-0.25, -0.2) is 0 Å². The topological polar surface area (TPSA) is 12.0 Å². The van der Waals surface area contributed by atoms with Gasteiger partial charge in [0.15, 0.2) is 0 Å². The molecule has 0 amide bonds. The Morgan fingerprint density at radius 2 is 2.00 bits per heavy atom. The summed E-state index contributed by atoms with van der Waals surface area (Å²) in [6.45, 7) is 5.74. The molecule has 0 bridgehead atoms. The van der Waals surface area contributed by atoms with Crippen LogP contribution in [-0.4, -0.2) is 6.54 Å². The summed E-state index contributed by atoms with van der Waals surface area (Å²) in [6, 6.07) is 9.32. The van der Waals surface area contributed by atoms with Crippen molar-refractivity contribution in [2.45, 2.75) is 32.7 Å². The zero-order valence-corrected chi connectivity index (χ0v) is 9.09. The van der Waals surface area contributed by atoms with Crippen molar-refractivity contribution in [1.29, 1.82) is 0 Å². The van der Waals surface area contributed by atoms with Crippen molar-refractivity contribution in [2.24, 2.45) is 5.92 Å². The summed E-state index contributed by atoms with van der Waals surface area (Å²) < 4.78 is 0. The minimum Gasteiger partial charge on any atom is -0.310 e. The number of benzene rings is 1. The quantitative estimate of drug-likeness (QED) is 0.661. The summed E-state index contributed by atoms with van der Waals surface area (Å²) in [6.07, 6.45) is 2.54. The molecule has 0 aromatic heterocycles. The summed E-state index contributed by atoms with van der Waals surface area (Å²) in [5.74, 6) is 0.797. The van der Waals surface area contributed by atoms with E-state index in [2.05, 4.69) is 43.4 Å². The molecule has 0 spiro atoms. The fourth-order valence-electron chi connectivity index (χ4n) is 2.18. The first-order chi connectivity index (χ1) is 6.77. The van der Waals surface area contributed by atoms with E-state index in [1.54, 1.807) is 0 Å². The summed E-state index contributed by atoms with van der Waals surface area (Å²) in [4.78, 5) is 0. The van der Waals surface area contributed by atoms with Gasteiger partial charge >= 0.3 is 0 Å². The third-order valence-corrected chi connectivity index (χ3v) is 3.20. The predicted molar refractivity (Wildman–Crippen MR) is 60.3 cm³/mol. The van der Waals surface area contributed by atoms with Crippen LogP contribution in [0.5, 0.6) is 0 Å². The lowest BCUT2D eigenvalue weighted by Crippen LogP contribution is -2.27. The molecule has 1 aliphatic heterocycles. The summed E-state index contributed by atoms with van der Waals surface area (Å²) in [7, 11) is 0. The van der Waals surface area contributed by atoms with Crippen LogP contribution < -0.4 is 5.32 Å². The van der Waals surface area contributed by atoms with Crippen molar-refractivity contribution in [3.63, 3.8) is 0 Å². The van der Waals surface area contributed by atoms with E-state index < -0.39 is 0 Å². The minimum atomic E-state index is 0.508. The number of rotatable bonds is 0. The van der Waals surface area contributed by atoms with Gasteiger partial charge in [-0.15, -0.1) is 0 Å². The Bertz CT molecular complexity index is 306. The van der Waals surface area contributed by atoms with Gasteiger partial charge in [0.25, 0.3) is 0 Å². The van der Waals surface area contributed by atoms with Crippen molar-refractivity contribution in [1.82, 2.24) is 5.32 Å². The normalized spacial score (nSPS) is 27.6. The van der Waals surface area contributed by atoms with Crippen LogP contribution in [0, 0.1) is 5.92 Å². The first kappa shape index (κ1) is 9.72. The summed E-state index contributed by atoms with van der Waals surface area (Å²) in [5, 5.41) is 3.59. The highest BCUT2D eigenvalue weighted by atomic mass is 14.9. The second kappa shape index (κ2) is 4.14. The van der Waals surface area contributed by atoms with Crippen molar-refractivity contribution < 1.29 is 0 Å². The average Bonchev–Trinajstić information content (AvgIpc) is 2.21. The minimum absolute atomic E-state index is 0.508. The summed E-state index contributed by atoms with van der Waals surface area (Å²) >= 11 is 0. The Hall–Kier alpha value is -0.820. The number of hydrogen-bond acceptors (Lipinski definition) is 1. The zero-order chi connectivity index (χ0) is 9.97. The largest absolute Gasteiger partial charge is 0.310 e. The molecule has 2 atom stereocenters. The van der Waals surface area contributed by atoms with E-state index in [0.717, 1.165) is 12.5 Å². The van der Waals surface area contributed by atoms with E-state index in [1.807, 2.05) is 0 Å². The highest BCUT2D eigenvalue weighted by Crippen LogP contribution is 2.23. The molecule has 0 radical (unpaired) electrons. The molecule has 76 valence electrons. The standard InChI is InChI=1S/C13H19N/c1-10-7-8-12-5-3-4-6-13(12)11(2)14-9-10/h3-6,10-11,14H,7-9H2,1-2H3. The van der Waals surface area contributed by atoms with Crippen molar-refractivity contribution in [3.05, 3.63) is 35.4 Å². The Morgan fingerprint density at radius 1 is 1.21 bits per heavy atom. The van der Waals surface area contributed by atoms with E-state index in [9.17, 15) is 0 Å². The van der Waals surface area contributed by atoms with Crippen molar-refractivity contribution in [3.8, 4) is 0 Å². The Kier molecular flexibility index (Phi) is 2.87. The van der Waals surface area contributed by atoms with E-state index >= 15 is 0 Å². The van der Waals surface area contributed by atoms with Gasteiger partial charge < -0.3 is 5.32 Å². The molecule has 1 heteroatoms. The van der Waals surface area contributed by atoms with E-state index in [4.69, 9.17) is 0 Å². The fourth-order valence-corrected chi connectivity index (χ4v) is 2.18. The van der Waals surface area contributed by atoms with Crippen LogP contribution in [0.1, 0.15) is 37.4 Å². The lowest BCUT2D eigenvalue weighted by atomic mass is 9.92. The molecule has 1 aliphatic rings. The van der Waals surface area contributed by atoms with Crippen LogP contribution in [0.15, 0.2) is 24.3 Å². The monoisotopic (exact) mass is 189 g/mol.